The monoisotopic (exact) mass is 737 g/mol. The van der Waals surface area contributed by atoms with E-state index in [1.54, 1.807) is 25.3 Å². The van der Waals surface area contributed by atoms with E-state index >= 15 is 4.39 Å². The molecule has 3 fully saturated rings. The van der Waals surface area contributed by atoms with Crippen molar-refractivity contribution in [2.45, 2.75) is 44.3 Å². The van der Waals surface area contributed by atoms with Gasteiger partial charge in [-0.25, -0.2) is 9.37 Å². The molecule has 8 rings (SSSR count). The van der Waals surface area contributed by atoms with Crippen molar-refractivity contribution < 1.29 is 33.0 Å². The van der Waals surface area contributed by atoms with Gasteiger partial charge in [0.2, 0.25) is 11.8 Å². The Hall–Kier alpha value is -5.67. The van der Waals surface area contributed by atoms with Crippen molar-refractivity contribution in [2.24, 2.45) is 0 Å². The molecule has 2 N–H and O–H groups in total. The van der Waals surface area contributed by atoms with Crippen LogP contribution in [0.1, 0.15) is 52.0 Å². The quantitative estimate of drug-likeness (QED) is 0.257. The van der Waals surface area contributed by atoms with E-state index in [1.807, 2.05) is 12.1 Å². The molecule has 1 unspecified atom stereocenters. The second-order valence-electron chi connectivity index (χ2n) is 14.1. The van der Waals surface area contributed by atoms with E-state index in [9.17, 15) is 24.0 Å². The van der Waals surface area contributed by atoms with E-state index in [4.69, 9.17) is 14.5 Å². The molecule has 0 radical (unpaired) electrons. The van der Waals surface area contributed by atoms with Gasteiger partial charge in [-0.05, 0) is 49.6 Å². The third kappa shape index (κ3) is 6.36. The summed E-state index contributed by atoms with van der Waals surface area (Å²) in [4.78, 5) is 78.7. The zero-order valence-electron chi connectivity index (χ0n) is 30.0. The average molecular weight is 738 g/mol. The normalized spacial score (nSPS) is 20.1. The number of nitrogens with zero attached hydrogens (tertiary/aromatic N) is 5. The first-order valence-electron chi connectivity index (χ1n) is 18.1. The number of piperidine rings is 2. The number of piperazine rings is 1. The molecule has 0 aliphatic carbocycles. The number of rotatable bonds is 8. The fourth-order valence-electron chi connectivity index (χ4n) is 8.16. The summed E-state index contributed by atoms with van der Waals surface area (Å²) >= 11 is 0. The number of aromatic amines is 1. The number of ether oxygens (including phenoxy) is 2. The van der Waals surface area contributed by atoms with Crippen LogP contribution in [0, 0.1) is 5.82 Å². The van der Waals surface area contributed by atoms with Crippen LogP contribution in [0.5, 0.6) is 11.5 Å². The highest BCUT2D eigenvalue weighted by Crippen LogP contribution is 2.33. The number of nitrogens with one attached hydrogen (secondary N) is 2. The Morgan fingerprint density at radius 1 is 0.852 bits per heavy atom. The number of carbonyl (C=O) groups excluding carboxylic acids is 4. The molecule has 3 saturated heterocycles. The van der Waals surface area contributed by atoms with Gasteiger partial charge >= 0.3 is 0 Å². The van der Waals surface area contributed by atoms with E-state index in [2.05, 4.69) is 37.1 Å². The third-order valence-electron chi connectivity index (χ3n) is 11.1. The molecule has 0 spiro atoms. The molecule has 0 bridgehead atoms. The lowest BCUT2D eigenvalue weighted by molar-refractivity contribution is -0.136. The number of anilines is 1. The van der Waals surface area contributed by atoms with Crippen molar-refractivity contribution in [1.29, 1.82) is 0 Å². The van der Waals surface area contributed by atoms with E-state index in [-0.39, 0.29) is 29.5 Å². The van der Waals surface area contributed by atoms with Gasteiger partial charge < -0.3 is 19.4 Å². The van der Waals surface area contributed by atoms with Gasteiger partial charge in [0.05, 0.1) is 30.9 Å². The smallest absolute Gasteiger partial charge is 0.265 e. The van der Waals surface area contributed by atoms with Crippen molar-refractivity contribution in [1.82, 2.24) is 30.0 Å². The first kappa shape index (κ1) is 35.4. The molecule has 4 amide bonds. The molecule has 1 aromatic heterocycles. The number of H-pyrrole nitrogens is 1. The summed E-state index contributed by atoms with van der Waals surface area (Å²) in [6, 6.07) is 13.7. The van der Waals surface area contributed by atoms with Gasteiger partial charge in [-0.15, -0.1) is 0 Å². The summed E-state index contributed by atoms with van der Waals surface area (Å²) in [5.74, 6) is -2.05. The second kappa shape index (κ2) is 14.3. The molecule has 280 valence electrons. The molecule has 4 aromatic rings. The van der Waals surface area contributed by atoms with Crippen LogP contribution in [-0.4, -0.2) is 114 Å². The van der Waals surface area contributed by atoms with Crippen molar-refractivity contribution >= 4 is 40.2 Å². The maximum Gasteiger partial charge on any atom is 0.265 e. The van der Waals surface area contributed by atoms with Gasteiger partial charge in [0.1, 0.15) is 34.6 Å². The standard InChI is InChI=1S/C39H40FN7O7/c1-53-26-19-28-33(30(20-26)54-2)37(50)43-35(41-28)22-3-6-24(7-4-22)45-13-11-25(12-14-45)46-17-15-44(16-18-46)21-23-5-8-27-32(34(23)40)39(52)47(38(27)51)29-9-10-31(48)42-36(29)49/h3-8,19-20,25,29H,9-18,21H2,1-2H3,(H,41,43,50)(H,42,48,49). The second-order valence-corrected chi connectivity index (χ2v) is 14.1. The Morgan fingerprint density at radius 2 is 1.59 bits per heavy atom. The number of imide groups is 2. The van der Waals surface area contributed by atoms with Crippen LogP contribution in [-0.2, 0) is 16.1 Å². The van der Waals surface area contributed by atoms with Crippen LogP contribution < -0.4 is 25.2 Å². The Kier molecular flexibility index (Phi) is 9.36. The molecule has 0 saturated carbocycles. The number of aromatic nitrogens is 2. The number of fused-ring (bicyclic) bond motifs is 2. The van der Waals surface area contributed by atoms with Gasteiger partial charge in [-0.3, -0.25) is 44.0 Å². The van der Waals surface area contributed by atoms with Crippen molar-refractivity contribution in [3.05, 3.63) is 81.4 Å². The number of carbonyl (C=O) groups is 4. The molecule has 5 heterocycles. The van der Waals surface area contributed by atoms with Crippen LogP contribution in [0.25, 0.3) is 22.3 Å². The molecule has 4 aliphatic rings. The predicted octanol–water partition coefficient (Wildman–Crippen LogP) is 2.93. The van der Waals surface area contributed by atoms with Crippen LogP contribution in [0.3, 0.4) is 0 Å². The van der Waals surface area contributed by atoms with Crippen molar-refractivity contribution in [3.8, 4) is 22.9 Å². The first-order chi connectivity index (χ1) is 26.1. The summed E-state index contributed by atoms with van der Waals surface area (Å²) < 4.78 is 26.6. The van der Waals surface area contributed by atoms with Gasteiger partial charge in [0.15, 0.2) is 0 Å². The number of benzene rings is 3. The van der Waals surface area contributed by atoms with Gasteiger partial charge in [-0.1, -0.05) is 6.07 Å². The Morgan fingerprint density at radius 3 is 2.28 bits per heavy atom. The molecule has 4 aliphatic heterocycles. The maximum absolute atomic E-state index is 15.8. The lowest BCUT2D eigenvalue weighted by atomic mass is 10.0. The molecule has 1 atom stereocenters. The summed E-state index contributed by atoms with van der Waals surface area (Å²) in [6.45, 7) is 5.24. The van der Waals surface area contributed by atoms with Gasteiger partial charge in [0, 0.05) is 87.2 Å². The minimum absolute atomic E-state index is 0.000772. The van der Waals surface area contributed by atoms with Crippen LogP contribution in [0.4, 0.5) is 10.1 Å². The van der Waals surface area contributed by atoms with Crippen LogP contribution >= 0.6 is 0 Å². The highest BCUT2D eigenvalue weighted by Gasteiger charge is 2.46. The SMILES string of the molecule is COc1cc(OC)c2c(=O)[nH]c(-c3ccc(N4CCC(N5CCN(Cc6ccc7c(c6F)C(=O)N(C6CCC(=O)NC6=O)C7=O)CC5)CC4)cc3)nc2c1. The number of hydrogen-bond acceptors (Lipinski definition) is 11. The largest absolute Gasteiger partial charge is 0.497 e. The van der Waals surface area contributed by atoms with Gasteiger partial charge in [0.25, 0.3) is 17.4 Å². The summed E-state index contributed by atoms with van der Waals surface area (Å²) in [5.41, 5.74) is 2.07. The molecule has 54 heavy (non-hydrogen) atoms. The third-order valence-corrected chi connectivity index (χ3v) is 11.1. The van der Waals surface area contributed by atoms with Crippen molar-refractivity contribution in [3.63, 3.8) is 0 Å². The van der Waals surface area contributed by atoms with Crippen molar-refractivity contribution in [2.75, 3.05) is 58.4 Å². The minimum atomic E-state index is -1.14. The highest BCUT2D eigenvalue weighted by molar-refractivity contribution is 6.23. The summed E-state index contributed by atoms with van der Waals surface area (Å²) in [6.07, 6.45) is 2.03. The molecule has 3 aromatic carbocycles. The minimum Gasteiger partial charge on any atom is -0.497 e. The first-order valence-corrected chi connectivity index (χ1v) is 18.1. The van der Waals surface area contributed by atoms with Gasteiger partial charge in [-0.2, -0.15) is 0 Å². The molecule has 14 nitrogen and oxygen atoms in total. The number of hydrogen-bond donors (Lipinski definition) is 2. The average Bonchev–Trinajstić information content (AvgIpc) is 3.44. The zero-order valence-corrected chi connectivity index (χ0v) is 30.0. The zero-order chi connectivity index (χ0) is 37.7. The topological polar surface area (TPSA) is 157 Å². The maximum atomic E-state index is 15.8. The number of methoxy groups -OCH3 is 2. The Labute approximate surface area is 309 Å². The Bertz CT molecular complexity index is 2230. The number of amides is 4. The lowest BCUT2D eigenvalue weighted by Gasteiger charge is -2.43. The summed E-state index contributed by atoms with van der Waals surface area (Å²) in [5, 5.41) is 2.53. The van der Waals surface area contributed by atoms with Crippen LogP contribution in [0.2, 0.25) is 0 Å². The van der Waals surface area contributed by atoms with E-state index in [0.717, 1.165) is 68.3 Å². The Balaban J connectivity index is 0.853. The van der Waals surface area contributed by atoms with E-state index in [1.165, 1.54) is 13.2 Å². The lowest BCUT2D eigenvalue weighted by Crippen LogP contribution is -2.54. The molecule has 15 heteroatoms. The predicted molar refractivity (Wildman–Crippen MR) is 196 cm³/mol. The van der Waals surface area contributed by atoms with E-state index < -0.39 is 35.5 Å². The fraction of sp³-hybridized carbons (Fsp3) is 0.385. The summed E-state index contributed by atoms with van der Waals surface area (Å²) in [7, 11) is 3.06. The fourth-order valence-corrected chi connectivity index (χ4v) is 8.16. The van der Waals surface area contributed by atoms with Crippen LogP contribution in [0.15, 0.2) is 53.3 Å². The highest BCUT2D eigenvalue weighted by atomic mass is 19.1. The van der Waals surface area contributed by atoms with E-state index in [0.29, 0.717) is 46.4 Å². The molecular formula is C39H40FN7O7. The molecular weight excluding hydrogens is 697 g/mol. The number of halogens is 1.